The number of nitrogens with one attached hydrogen (secondary N) is 1. The molecule has 0 amide bonds. The minimum Gasteiger partial charge on any atom is -0.392 e. The van der Waals surface area contributed by atoms with E-state index in [9.17, 15) is 10.2 Å². The summed E-state index contributed by atoms with van der Waals surface area (Å²) >= 11 is 0. The number of rotatable bonds is 12. The number of nitrogens with zero attached hydrogens (tertiary/aromatic N) is 1. The summed E-state index contributed by atoms with van der Waals surface area (Å²) in [7, 11) is 4.20. The lowest BCUT2D eigenvalue weighted by Gasteiger charge is -2.19. The summed E-state index contributed by atoms with van der Waals surface area (Å²) < 4.78 is 0. The highest BCUT2D eigenvalue weighted by atomic mass is 16.3. The maximum absolute atomic E-state index is 10.4. The monoisotopic (exact) mass is 364 g/mol. The van der Waals surface area contributed by atoms with Crippen LogP contribution in [0.5, 0.6) is 0 Å². The fraction of sp³-hybridized carbons (Fsp3) is 0.818. The number of allylic oxidation sites excluding steroid dienone is 1. The van der Waals surface area contributed by atoms with Crippen LogP contribution in [-0.2, 0) is 0 Å². The SMILES string of the molecule is CCCCC[C@H](O)/C=C/[C@@H]1[C@H]2CC(CCNCCN(C)C)=C[C@H]2C[C@H]1O. The molecule has 2 aliphatic rings. The smallest absolute Gasteiger partial charge is 0.0721 e. The van der Waals surface area contributed by atoms with Gasteiger partial charge in [0, 0.05) is 19.0 Å². The van der Waals surface area contributed by atoms with Crippen LogP contribution in [0.2, 0.25) is 0 Å². The Morgan fingerprint density at radius 2 is 2.12 bits per heavy atom. The van der Waals surface area contributed by atoms with Gasteiger partial charge in [0.2, 0.25) is 0 Å². The molecule has 1 saturated carbocycles. The first-order chi connectivity index (χ1) is 12.5. The standard InChI is InChI=1S/C22H40N2O2/c1-4-5-6-7-19(25)8-9-20-21-15-17(14-18(21)16-22(20)26)10-11-23-12-13-24(2)3/h8-9,14,18-23,25-26H,4-7,10-13,15-16H2,1-3H3/b9-8+/t18-,19-,20+,21-,22+/m0/s1. The minimum absolute atomic E-state index is 0.205. The highest BCUT2D eigenvalue weighted by Gasteiger charge is 2.43. The maximum Gasteiger partial charge on any atom is 0.0721 e. The summed E-state index contributed by atoms with van der Waals surface area (Å²) in [5.41, 5.74) is 1.55. The van der Waals surface area contributed by atoms with Crippen LogP contribution in [0.25, 0.3) is 0 Å². The molecule has 0 saturated heterocycles. The van der Waals surface area contributed by atoms with Crippen molar-refractivity contribution in [3.05, 3.63) is 23.8 Å². The molecule has 0 aromatic carbocycles. The van der Waals surface area contributed by atoms with Crippen LogP contribution < -0.4 is 5.32 Å². The molecule has 3 N–H and O–H groups in total. The molecule has 0 bridgehead atoms. The molecular weight excluding hydrogens is 324 g/mol. The van der Waals surface area contributed by atoms with Gasteiger partial charge < -0.3 is 20.4 Å². The molecule has 4 nitrogen and oxygen atoms in total. The third kappa shape index (κ3) is 6.80. The molecule has 0 radical (unpaired) electrons. The molecule has 5 atom stereocenters. The van der Waals surface area contributed by atoms with Crippen LogP contribution >= 0.6 is 0 Å². The molecule has 0 aromatic rings. The molecule has 2 rings (SSSR count). The van der Waals surface area contributed by atoms with Crippen molar-refractivity contribution in [2.24, 2.45) is 17.8 Å². The van der Waals surface area contributed by atoms with Crippen molar-refractivity contribution in [3.63, 3.8) is 0 Å². The van der Waals surface area contributed by atoms with E-state index < -0.39 is 0 Å². The van der Waals surface area contributed by atoms with E-state index in [0.717, 1.165) is 51.7 Å². The lowest BCUT2D eigenvalue weighted by atomic mass is 9.88. The minimum atomic E-state index is -0.359. The zero-order valence-corrected chi connectivity index (χ0v) is 17.0. The number of hydrogen-bond donors (Lipinski definition) is 3. The van der Waals surface area contributed by atoms with E-state index in [-0.39, 0.29) is 18.1 Å². The van der Waals surface area contributed by atoms with Crippen LogP contribution in [0, 0.1) is 17.8 Å². The largest absolute Gasteiger partial charge is 0.392 e. The second-order valence-electron chi connectivity index (χ2n) is 8.49. The van der Waals surface area contributed by atoms with Gasteiger partial charge >= 0.3 is 0 Å². The van der Waals surface area contributed by atoms with E-state index >= 15 is 0 Å². The van der Waals surface area contributed by atoms with Crippen molar-refractivity contribution in [3.8, 4) is 0 Å². The van der Waals surface area contributed by atoms with E-state index in [0.29, 0.717) is 11.8 Å². The second-order valence-corrected chi connectivity index (χ2v) is 8.49. The predicted octanol–water partition coefficient (Wildman–Crippen LogP) is 2.97. The van der Waals surface area contributed by atoms with Crippen molar-refractivity contribution < 1.29 is 10.2 Å². The normalized spacial score (nSPS) is 29.5. The van der Waals surface area contributed by atoms with Crippen LogP contribution in [0.15, 0.2) is 23.8 Å². The van der Waals surface area contributed by atoms with E-state index in [4.69, 9.17) is 0 Å². The molecule has 1 fully saturated rings. The number of fused-ring (bicyclic) bond motifs is 1. The quantitative estimate of drug-likeness (QED) is 0.368. The van der Waals surface area contributed by atoms with Gasteiger partial charge in [-0.25, -0.2) is 0 Å². The molecule has 4 heteroatoms. The lowest BCUT2D eigenvalue weighted by molar-refractivity contribution is 0.139. The summed E-state index contributed by atoms with van der Waals surface area (Å²) in [6, 6.07) is 0. The van der Waals surface area contributed by atoms with E-state index in [1.165, 1.54) is 12.8 Å². The fourth-order valence-corrected chi connectivity index (χ4v) is 4.42. The summed E-state index contributed by atoms with van der Waals surface area (Å²) in [5, 5.41) is 24.1. The Bertz CT molecular complexity index is 461. The van der Waals surface area contributed by atoms with Crippen molar-refractivity contribution in [1.82, 2.24) is 10.2 Å². The highest BCUT2D eigenvalue weighted by molar-refractivity contribution is 5.21. The average Bonchev–Trinajstić information content (AvgIpc) is 3.09. The maximum atomic E-state index is 10.4. The Balaban J connectivity index is 1.74. The Morgan fingerprint density at radius 1 is 1.31 bits per heavy atom. The van der Waals surface area contributed by atoms with Gasteiger partial charge in [-0.2, -0.15) is 0 Å². The van der Waals surface area contributed by atoms with Gasteiger partial charge in [-0.15, -0.1) is 0 Å². The van der Waals surface area contributed by atoms with Crippen LogP contribution in [0.4, 0.5) is 0 Å². The number of hydrogen-bond acceptors (Lipinski definition) is 4. The zero-order chi connectivity index (χ0) is 18.9. The highest BCUT2D eigenvalue weighted by Crippen LogP contribution is 2.47. The molecule has 0 heterocycles. The van der Waals surface area contributed by atoms with Crippen LogP contribution in [0.1, 0.15) is 51.9 Å². The lowest BCUT2D eigenvalue weighted by Crippen LogP contribution is -2.27. The summed E-state index contributed by atoms with van der Waals surface area (Å²) in [5.74, 6) is 1.26. The van der Waals surface area contributed by atoms with Crippen molar-refractivity contribution >= 4 is 0 Å². The fourth-order valence-electron chi connectivity index (χ4n) is 4.42. The molecule has 0 aromatic heterocycles. The Labute approximate surface area is 160 Å². The molecule has 2 aliphatic carbocycles. The zero-order valence-electron chi connectivity index (χ0n) is 17.0. The third-order valence-electron chi connectivity index (χ3n) is 5.97. The van der Waals surface area contributed by atoms with E-state index in [1.54, 1.807) is 5.57 Å². The molecule has 0 spiro atoms. The third-order valence-corrected chi connectivity index (χ3v) is 5.97. The topological polar surface area (TPSA) is 55.7 Å². The Kier molecular flexibility index (Phi) is 9.34. The van der Waals surface area contributed by atoms with Crippen molar-refractivity contribution in [2.75, 3.05) is 33.7 Å². The molecule has 0 unspecified atom stereocenters. The van der Waals surface area contributed by atoms with Gasteiger partial charge in [0.05, 0.1) is 12.2 Å². The molecule has 0 aliphatic heterocycles. The Hall–Kier alpha value is -0.680. The van der Waals surface area contributed by atoms with E-state index in [1.807, 2.05) is 6.08 Å². The second kappa shape index (κ2) is 11.2. The number of unbranched alkanes of at least 4 members (excludes halogenated alkanes) is 2. The van der Waals surface area contributed by atoms with Gasteiger partial charge in [-0.1, -0.05) is 50.0 Å². The predicted molar refractivity (Wildman–Crippen MR) is 109 cm³/mol. The first-order valence-electron chi connectivity index (χ1n) is 10.6. The van der Waals surface area contributed by atoms with Crippen molar-refractivity contribution in [2.45, 2.75) is 64.1 Å². The van der Waals surface area contributed by atoms with Gasteiger partial charge in [-0.3, -0.25) is 0 Å². The van der Waals surface area contributed by atoms with Gasteiger partial charge in [0.15, 0.2) is 0 Å². The molecule has 150 valence electrons. The van der Waals surface area contributed by atoms with Crippen LogP contribution in [0.3, 0.4) is 0 Å². The Morgan fingerprint density at radius 3 is 2.85 bits per heavy atom. The van der Waals surface area contributed by atoms with Crippen molar-refractivity contribution in [1.29, 1.82) is 0 Å². The number of likely N-dealkylation sites (N-methyl/N-ethyl adjacent to an activating group) is 1. The molecule has 26 heavy (non-hydrogen) atoms. The molecular formula is C22H40N2O2. The van der Waals surface area contributed by atoms with Crippen LogP contribution in [-0.4, -0.2) is 61.1 Å². The number of aliphatic hydroxyl groups is 2. The summed E-state index contributed by atoms with van der Waals surface area (Å²) in [4.78, 5) is 2.20. The average molecular weight is 365 g/mol. The van der Waals surface area contributed by atoms with Gasteiger partial charge in [0.25, 0.3) is 0 Å². The summed E-state index contributed by atoms with van der Waals surface area (Å²) in [6.45, 7) is 5.33. The summed E-state index contributed by atoms with van der Waals surface area (Å²) in [6.07, 6.45) is 13.2. The van der Waals surface area contributed by atoms with E-state index in [2.05, 4.69) is 43.4 Å². The van der Waals surface area contributed by atoms with Gasteiger partial charge in [0.1, 0.15) is 0 Å². The number of aliphatic hydroxyl groups excluding tert-OH is 2. The first kappa shape index (κ1) is 21.6. The van der Waals surface area contributed by atoms with Gasteiger partial charge in [-0.05, 0) is 58.2 Å². The first-order valence-corrected chi connectivity index (χ1v) is 10.6.